The second-order valence-electron chi connectivity index (χ2n) is 4.98. The van der Waals surface area contributed by atoms with Gasteiger partial charge in [-0.2, -0.15) is 0 Å². The molecule has 2 rings (SSSR count). The molecule has 0 aliphatic carbocycles. The van der Waals surface area contributed by atoms with Crippen LogP contribution in [0.5, 0.6) is 0 Å². The van der Waals surface area contributed by atoms with E-state index in [1.165, 1.54) is 5.56 Å². The van der Waals surface area contributed by atoms with Crippen LogP contribution in [0.1, 0.15) is 31.7 Å². The van der Waals surface area contributed by atoms with E-state index < -0.39 is 0 Å². The summed E-state index contributed by atoms with van der Waals surface area (Å²) in [7, 11) is 2.10. The van der Waals surface area contributed by atoms with Gasteiger partial charge in [-0.25, -0.2) is 0 Å². The minimum Gasteiger partial charge on any atom is -0.327 e. The van der Waals surface area contributed by atoms with Crippen LogP contribution >= 0.6 is 0 Å². The van der Waals surface area contributed by atoms with Gasteiger partial charge in [0.1, 0.15) is 0 Å². The molecule has 1 unspecified atom stereocenters. The van der Waals surface area contributed by atoms with Gasteiger partial charge in [0.25, 0.3) is 0 Å². The quantitative estimate of drug-likeness (QED) is 0.797. The van der Waals surface area contributed by atoms with Crippen LogP contribution in [0.4, 0.5) is 0 Å². The molecular formula is C15H22N2O. The van der Waals surface area contributed by atoms with Gasteiger partial charge in [-0.15, -0.1) is 0 Å². The Labute approximate surface area is 109 Å². The number of amides is 1. The van der Waals surface area contributed by atoms with Crippen LogP contribution in [-0.4, -0.2) is 35.5 Å². The van der Waals surface area contributed by atoms with Crippen LogP contribution in [0.2, 0.25) is 0 Å². The maximum absolute atomic E-state index is 11.8. The Kier molecular flexibility index (Phi) is 4.37. The number of benzene rings is 1. The van der Waals surface area contributed by atoms with Gasteiger partial charge >= 0.3 is 0 Å². The van der Waals surface area contributed by atoms with Crippen LogP contribution in [-0.2, 0) is 11.3 Å². The Hall–Kier alpha value is -1.35. The minimum absolute atomic E-state index is 0.236. The van der Waals surface area contributed by atoms with Crippen molar-refractivity contribution in [3.8, 4) is 0 Å². The monoisotopic (exact) mass is 246 g/mol. The lowest BCUT2D eigenvalue weighted by Crippen LogP contribution is -2.46. The van der Waals surface area contributed by atoms with E-state index >= 15 is 0 Å². The topological polar surface area (TPSA) is 23.6 Å². The largest absolute Gasteiger partial charge is 0.327 e. The first kappa shape index (κ1) is 13.1. The Morgan fingerprint density at radius 1 is 1.33 bits per heavy atom. The predicted octanol–water partition coefficient (Wildman–Crippen LogP) is 2.48. The maximum Gasteiger partial charge on any atom is 0.223 e. The molecule has 1 heterocycles. The molecule has 0 N–H and O–H groups in total. The SMILES string of the molecule is CCC(N(C)Cc1ccccc1)N1CCCC1=O. The lowest BCUT2D eigenvalue weighted by molar-refractivity contribution is -0.133. The molecule has 0 spiro atoms. The van der Waals surface area contributed by atoms with Gasteiger partial charge in [-0.05, 0) is 25.5 Å². The highest BCUT2D eigenvalue weighted by Gasteiger charge is 2.29. The number of nitrogens with zero attached hydrogens (tertiary/aromatic N) is 2. The smallest absolute Gasteiger partial charge is 0.223 e. The summed E-state index contributed by atoms with van der Waals surface area (Å²) in [5.74, 6) is 0.307. The van der Waals surface area contributed by atoms with Crippen molar-refractivity contribution in [2.75, 3.05) is 13.6 Å². The van der Waals surface area contributed by atoms with Gasteiger partial charge in [0, 0.05) is 19.5 Å². The Balaban J connectivity index is 2.01. The van der Waals surface area contributed by atoms with Crippen molar-refractivity contribution in [1.82, 2.24) is 9.80 Å². The summed E-state index contributed by atoms with van der Waals surface area (Å²) in [6.07, 6.45) is 2.94. The third-order valence-corrected chi connectivity index (χ3v) is 3.62. The van der Waals surface area contributed by atoms with Gasteiger partial charge in [0.2, 0.25) is 5.91 Å². The lowest BCUT2D eigenvalue weighted by atomic mass is 10.2. The van der Waals surface area contributed by atoms with Crippen molar-refractivity contribution < 1.29 is 4.79 Å². The lowest BCUT2D eigenvalue weighted by Gasteiger charge is -2.34. The molecule has 1 saturated heterocycles. The van der Waals surface area contributed by atoms with E-state index in [1.54, 1.807) is 0 Å². The molecule has 1 aliphatic heterocycles. The zero-order valence-electron chi connectivity index (χ0n) is 11.3. The molecule has 0 radical (unpaired) electrons. The fourth-order valence-electron chi connectivity index (χ4n) is 2.73. The third-order valence-electron chi connectivity index (χ3n) is 3.62. The zero-order chi connectivity index (χ0) is 13.0. The fraction of sp³-hybridized carbons (Fsp3) is 0.533. The number of hydrogen-bond acceptors (Lipinski definition) is 2. The van der Waals surface area contributed by atoms with E-state index in [9.17, 15) is 4.79 Å². The normalized spacial score (nSPS) is 17.5. The third kappa shape index (κ3) is 2.91. The van der Waals surface area contributed by atoms with Gasteiger partial charge in [0.15, 0.2) is 0 Å². The van der Waals surface area contributed by atoms with Gasteiger partial charge in [0.05, 0.1) is 6.17 Å². The average molecular weight is 246 g/mol. The second kappa shape index (κ2) is 6.01. The molecule has 3 heteroatoms. The van der Waals surface area contributed by atoms with Gasteiger partial charge < -0.3 is 4.90 Å². The molecule has 1 atom stereocenters. The highest BCUT2D eigenvalue weighted by atomic mass is 16.2. The summed E-state index contributed by atoms with van der Waals surface area (Å²) in [5.41, 5.74) is 1.30. The van der Waals surface area contributed by atoms with Crippen LogP contribution in [0.25, 0.3) is 0 Å². The van der Waals surface area contributed by atoms with Crippen molar-refractivity contribution >= 4 is 5.91 Å². The molecule has 0 bridgehead atoms. The molecule has 1 aromatic rings. The minimum atomic E-state index is 0.236. The molecule has 1 aliphatic rings. The summed E-state index contributed by atoms with van der Waals surface area (Å²) < 4.78 is 0. The molecule has 0 saturated carbocycles. The molecule has 98 valence electrons. The number of rotatable bonds is 5. The number of carbonyl (C=O) groups excluding carboxylic acids is 1. The predicted molar refractivity (Wildman–Crippen MR) is 72.9 cm³/mol. The van der Waals surface area contributed by atoms with Crippen molar-refractivity contribution in [1.29, 1.82) is 0 Å². The summed E-state index contributed by atoms with van der Waals surface area (Å²) in [5, 5.41) is 0. The summed E-state index contributed by atoms with van der Waals surface area (Å²) in [4.78, 5) is 16.1. The van der Waals surface area contributed by atoms with E-state index in [1.807, 2.05) is 11.0 Å². The van der Waals surface area contributed by atoms with Gasteiger partial charge in [-0.1, -0.05) is 37.3 Å². The Bertz CT molecular complexity index is 391. The van der Waals surface area contributed by atoms with E-state index in [0.717, 1.165) is 32.4 Å². The molecule has 1 aromatic carbocycles. The standard InChI is InChI=1S/C15H22N2O/c1-3-14(17-11-7-10-15(17)18)16(2)12-13-8-5-4-6-9-13/h4-6,8-9,14H,3,7,10-12H2,1-2H3. The Morgan fingerprint density at radius 3 is 2.61 bits per heavy atom. The molecule has 3 nitrogen and oxygen atoms in total. The first-order chi connectivity index (χ1) is 8.72. The van der Waals surface area contributed by atoms with E-state index in [-0.39, 0.29) is 6.17 Å². The van der Waals surface area contributed by atoms with Crippen molar-refractivity contribution in [2.24, 2.45) is 0 Å². The van der Waals surface area contributed by atoms with Gasteiger partial charge in [-0.3, -0.25) is 9.69 Å². The number of hydrogen-bond donors (Lipinski definition) is 0. The van der Waals surface area contributed by atoms with E-state index in [2.05, 4.69) is 43.1 Å². The number of carbonyl (C=O) groups is 1. The molecular weight excluding hydrogens is 224 g/mol. The average Bonchev–Trinajstić information content (AvgIpc) is 2.78. The van der Waals surface area contributed by atoms with Crippen LogP contribution < -0.4 is 0 Å². The first-order valence-electron chi connectivity index (χ1n) is 6.76. The van der Waals surface area contributed by atoms with E-state index in [4.69, 9.17) is 0 Å². The van der Waals surface area contributed by atoms with Crippen molar-refractivity contribution in [2.45, 2.75) is 38.9 Å². The van der Waals surface area contributed by atoms with Crippen LogP contribution in [0.3, 0.4) is 0 Å². The summed E-state index contributed by atoms with van der Waals surface area (Å²) in [6, 6.07) is 10.4. The van der Waals surface area contributed by atoms with Crippen molar-refractivity contribution in [3.63, 3.8) is 0 Å². The van der Waals surface area contributed by atoms with Crippen LogP contribution in [0.15, 0.2) is 30.3 Å². The zero-order valence-corrected chi connectivity index (χ0v) is 11.3. The highest BCUT2D eigenvalue weighted by molar-refractivity contribution is 5.78. The first-order valence-corrected chi connectivity index (χ1v) is 6.76. The summed E-state index contributed by atoms with van der Waals surface area (Å²) >= 11 is 0. The molecule has 0 aromatic heterocycles. The molecule has 1 amide bonds. The molecule has 18 heavy (non-hydrogen) atoms. The number of likely N-dealkylation sites (tertiary alicyclic amines) is 1. The maximum atomic E-state index is 11.8. The fourth-order valence-corrected chi connectivity index (χ4v) is 2.73. The molecule has 1 fully saturated rings. The van der Waals surface area contributed by atoms with Crippen molar-refractivity contribution in [3.05, 3.63) is 35.9 Å². The highest BCUT2D eigenvalue weighted by Crippen LogP contribution is 2.19. The summed E-state index contributed by atoms with van der Waals surface area (Å²) in [6.45, 7) is 3.96. The van der Waals surface area contributed by atoms with Crippen LogP contribution in [0, 0.1) is 0 Å². The second-order valence-corrected chi connectivity index (χ2v) is 4.98. The Morgan fingerprint density at radius 2 is 2.06 bits per heavy atom. The van der Waals surface area contributed by atoms with E-state index in [0.29, 0.717) is 5.91 Å².